The standard InChI is InChI=1S/C60H104O6/c1-4-7-10-13-16-19-22-24-25-26-27-28-29-30-31-32-33-34-35-37-38-41-44-47-50-53-59(62)65-56-57(55-64-58(61)52-49-46-43-40-21-18-15-12-9-6-3)66-60(63)54-51-48-45-42-39-36-23-20-17-14-11-8-5-2/h7,10,16,19,24-25,27-28,30-31,33-34,57H,4-6,8-9,11-15,17-18,20-23,26,29,32,35-56H2,1-3H3/b10-7-,19-16-,25-24-,28-27-,31-30-,34-33-. The number of allylic oxidation sites excluding steroid dienone is 12. The molecular formula is C60H104O6. The van der Waals surface area contributed by atoms with Gasteiger partial charge in [0.2, 0.25) is 0 Å². The Kier molecular flexibility index (Phi) is 51.9. The number of hydrogen-bond donors (Lipinski definition) is 0. The van der Waals surface area contributed by atoms with Gasteiger partial charge in [0.05, 0.1) is 0 Å². The minimum atomic E-state index is -0.777. The van der Waals surface area contributed by atoms with E-state index in [4.69, 9.17) is 14.2 Å². The van der Waals surface area contributed by atoms with Crippen molar-refractivity contribution in [1.82, 2.24) is 0 Å². The number of carbonyl (C=O) groups is 3. The average molecular weight is 921 g/mol. The van der Waals surface area contributed by atoms with Gasteiger partial charge in [0.1, 0.15) is 13.2 Å². The van der Waals surface area contributed by atoms with E-state index in [1.54, 1.807) is 0 Å². The van der Waals surface area contributed by atoms with Crippen molar-refractivity contribution in [2.45, 2.75) is 277 Å². The zero-order valence-electron chi connectivity index (χ0n) is 43.4. The SMILES string of the molecule is CC/C=C\C/C=C\C/C=C\C/C=C\C/C=C\C/C=C\CCCCCCCCC(=O)OCC(COC(=O)CCCCCCCCCCCC)OC(=O)CCCCCCCCCCCCCCC. The maximum absolute atomic E-state index is 12.8. The lowest BCUT2D eigenvalue weighted by atomic mass is 10.0. The minimum absolute atomic E-state index is 0.0766. The Labute approximate surface area is 408 Å². The fourth-order valence-corrected chi connectivity index (χ4v) is 7.80. The third-order valence-electron chi connectivity index (χ3n) is 12.0. The quantitative estimate of drug-likeness (QED) is 0.0262. The van der Waals surface area contributed by atoms with E-state index in [1.807, 2.05) is 0 Å². The highest BCUT2D eigenvalue weighted by Crippen LogP contribution is 2.15. The zero-order valence-corrected chi connectivity index (χ0v) is 43.4. The second-order valence-corrected chi connectivity index (χ2v) is 18.5. The maximum Gasteiger partial charge on any atom is 0.306 e. The smallest absolute Gasteiger partial charge is 0.306 e. The molecule has 0 N–H and O–H groups in total. The molecule has 0 radical (unpaired) electrons. The Hall–Kier alpha value is -3.15. The van der Waals surface area contributed by atoms with Crippen LogP contribution in [0.5, 0.6) is 0 Å². The molecule has 0 bridgehead atoms. The van der Waals surface area contributed by atoms with Crippen LogP contribution in [0.25, 0.3) is 0 Å². The molecule has 1 atom stereocenters. The summed E-state index contributed by atoms with van der Waals surface area (Å²) < 4.78 is 16.8. The monoisotopic (exact) mass is 921 g/mol. The van der Waals surface area contributed by atoms with Crippen molar-refractivity contribution in [3.8, 4) is 0 Å². The van der Waals surface area contributed by atoms with Crippen molar-refractivity contribution in [1.29, 1.82) is 0 Å². The van der Waals surface area contributed by atoms with E-state index in [0.29, 0.717) is 19.3 Å². The van der Waals surface area contributed by atoms with Gasteiger partial charge in [-0.2, -0.15) is 0 Å². The number of hydrogen-bond acceptors (Lipinski definition) is 6. The fourth-order valence-electron chi connectivity index (χ4n) is 7.80. The lowest BCUT2D eigenvalue weighted by Gasteiger charge is -2.18. The topological polar surface area (TPSA) is 78.9 Å². The van der Waals surface area contributed by atoms with Crippen LogP contribution in [0.2, 0.25) is 0 Å². The summed E-state index contributed by atoms with van der Waals surface area (Å²) in [5.41, 5.74) is 0. The van der Waals surface area contributed by atoms with Crippen LogP contribution in [-0.4, -0.2) is 37.2 Å². The maximum atomic E-state index is 12.8. The summed E-state index contributed by atoms with van der Waals surface area (Å²) in [5, 5.41) is 0. The molecule has 0 rings (SSSR count). The van der Waals surface area contributed by atoms with Crippen molar-refractivity contribution in [2.24, 2.45) is 0 Å². The highest BCUT2D eigenvalue weighted by atomic mass is 16.6. The van der Waals surface area contributed by atoms with E-state index in [9.17, 15) is 14.4 Å². The molecule has 0 fully saturated rings. The summed E-state index contributed by atoms with van der Waals surface area (Å²) in [6, 6.07) is 0. The summed E-state index contributed by atoms with van der Waals surface area (Å²) in [7, 11) is 0. The largest absolute Gasteiger partial charge is 0.462 e. The van der Waals surface area contributed by atoms with Crippen LogP contribution in [0.3, 0.4) is 0 Å². The Bertz CT molecular complexity index is 1240. The van der Waals surface area contributed by atoms with Crippen molar-refractivity contribution in [3.63, 3.8) is 0 Å². The molecule has 0 heterocycles. The molecule has 0 aliphatic rings. The zero-order chi connectivity index (χ0) is 47.9. The Balaban J connectivity index is 4.28. The van der Waals surface area contributed by atoms with Gasteiger partial charge in [-0.3, -0.25) is 14.4 Å². The van der Waals surface area contributed by atoms with Gasteiger partial charge in [0.25, 0.3) is 0 Å². The number of ether oxygens (including phenoxy) is 3. The van der Waals surface area contributed by atoms with E-state index >= 15 is 0 Å². The second kappa shape index (κ2) is 54.5. The highest BCUT2D eigenvalue weighted by molar-refractivity contribution is 5.71. The molecule has 0 aromatic carbocycles. The first-order valence-electron chi connectivity index (χ1n) is 27.9. The summed E-state index contributed by atoms with van der Waals surface area (Å²) in [6.45, 7) is 6.51. The van der Waals surface area contributed by atoms with Crippen LogP contribution in [0.15, 0.2) is 72.9 Å². The molecule has 0 saturated carbocycles. The van der Waals surface area contributed by atoms with Crippen molar-refractivity contribution < 1.29 is 28.6 Å². The van der Waals surface area contributed by atoms with Crippen LogP contribution in [-0.2, 0) is 28.6 Å². The van der Waals surface area contributed by atoms with Gasteiger partial charge >= 0.3 is 17.9 Å². The first kappa shape index (κ1) is 62.8. The summed E-state index contributed by atoms with van der Waals surface area (Å²) in [6.07, 6.45) is 68.9. The Morgan fingerprint density at radius 2 is 0.591 bits per heavy atom. The van der Waals surface area contributed by atoms with Crippen LogP contribution >= 0.6 is 0 Å². The van der Waals surface area contributed by atoms with Gasteiger partial charge in [0, 0.05) is 19.3 Å². The minimum Gasteiger partial charge on any atom is -0.462 e. The Morgan fingerprint density at radius 1 is 0.318 bits per heavy atom. The number of unbranched alkanes of at least 4 members (excludes halogenated alkanes) is 27. The van der Waals surface area contributed by atoms with Gasteiger partial charge in [0.15, 0.2) is 6.10 Å². The molecule has 0 aromatic heterocycles. The molecule has 0 spiro atoms. The summed E-state index contributed by atoms with van der Waals surface area (Å²) in [5.74, 6) is -0.886. The predicted octanol–water partition coefficient (Wildman–Crippen LogP) is 18.6. The van der Waals surface area contributed by atoms with Crippen molar-refractivity contribution in [3.05, 3.63) is 72.9 Å². The lowest BCUT2D eigenvalue weighted by Crippen LogP contribution is -2.30. The predicted molar refractivity (Wildman–Crippen MR) is 284 cm³/mol. The normalized spacial score (nSPS) is 12.6. The van der Waals surface area contributed by atoms with Crippen LogP contribution in [0.4, 0.5) is 0 Å². The molecule has 66 heavy (non-hydrogen) atoms. The summed E-state index contributed by atoms with van der Waals surface area (Å²) in [4.78, 5) is 38.0. The fraction of sp³-hybridized carbons (Fsp3) is 0.750. The van der Waals surface area contributed by atoms with E-state index < -0.39 is 6.10 Å². The Morgan fingerprint density at radius 3 is 0.924 bits per heavy atom. The molecule has 0 amide bonds. The third-order valence-corrected chi connectivity index (χ3v) is 12.0. The average Bonchev–Trinajstić information content (AvgIpc) is 3.31. The molecule has 0 aliphatic heterocycles. The van der Waals surface area contributed by atoms with Crippen molar-refractivity contribution in [2.75, 3.05) is 13.2 Å². The first-order chi connectivity index (χ1) is 32.5. The van der Waals surface area contributed by atoms with Gasteiger partial charge in [-0.1, -0.05) is 254 Å². The molecule has 0 aliphatic carbocycles. The van der Waals surface area contributed by atoms with Gasteiger partial charge in [-0.25, -0.2) is 0 Å². The van der Waals surface area contributed by atoms with E-state index in [0.717, 1.165) is 103 Å². The van der Waals surface area contributed by atoms with Gasteiger partial charge in [-0.15, -0.1) is 0 Å². The molecule has 0 aromatic rings. The van der Waals surface area contributed by atoms with Crippen molar-refractivity contribution >= 4 is 17.9 Å². The van der Waals surface area contributed by atoms with E-state index in [2.05, 4.69) is 93.7 Å². The van der Waals surface area contributed by atoms with Crippen LogP contribution in [0, 0.1) is 0 Å². The molecular weight excluding hydrogens is 817 g/mol. The highest BCUT2D eigenvalue weighted by Gasteiger charge is 2.19. The van der Waals surface area contributed by atoms with E-state index in [-0.39, 0.29) is 31.1 Å². The number of carbonyl (C=O) groups excluding carboxylic acids is 3. The summed E-state index contributed by atoms with van der Waals surface area (Å²) >= 11 is 0. The van der Waals surface area contributed by atoms with Gasteiger partial charge in [-0.05, 0) is 70.6 Å². The number of rotatable bonds is 50. The van der Waals surface area contributed by atoms with Gasteiger partial charge < -0.3 is 14.2 Å². The van der Waals surface area contributed by atoms with Crippen LogP contribution < -0.4 is 0 Å². The van der Waals surface area contributed by atoms with E-state index in [1.165, 1.54) is 128 Å². The van der Waals surface area contributed by atoms with Crippen LogP contribution in [0.1, 0.15) is 271 Å². The molecule has 1 unspecified atom stereocenters. The molecule has 6 heteroatoms. The second-order valence-electron chi connectivity index (χ2n) is 18.5. The molecule has 0 saturated heterocycles. The third kappa shape index (κ3) is 51.8. The lowest BCUT2D eigenvalue weighted by molar-refractivity contribution is -0.167. The molecule has 6 nitrogen and oxygen atoms in total. The number of esters is 3. The molecule has 380 valence electrons. The first-order valence-corrected chi connectivity index (χ1v) is 27.9.